The lowest BCUT2D eigenvalue weighted by Crippen LogP contribution is -1.99. The van der Waals surface area contributed by atoms with Crippen molar-refractivity contribution in [1.29, 1.82) is 0 Å². The molecule has 24 heavy (non-hydrogen) atoms. The minimum Gasteiger partial charge on any atom is -0.444 e. The Kier molecular flexibility index (Phi) is 3.77. The summed E-state index contributed by atoms with van der Waals surface area (Å²) in [5.74, 6) is 0.759. The lowest BCUT2D eigenvalue weighted by Gasteiger charge is -2.05. The number of hydrogen-bond donors (Lipinski definition) is 2. The van der Waals surface area contributed by atoms with Gasteiger partial charge in [0.2, 0.25) is 0 Å². The van der Waals surface area contributed by atoms with Gasteiger partial charge in [0.1, 0.15) is 5.69 Å². The molecule has 2 N–H and O–H groups in total. The van der Waals surface area contributed by atoms with Gasteiger partial charge in [-0.3, -0.25) is 10.1 Å². The Labute approximate surface area is 138 Å². The highest BCUT2D eigenvalue weighted by atomic mass is 16.3. The van der Waals surface area contributed by atoms with Gasteiger partial charge in [-0.25, -0.2) is 4.98 Å². The van der Waals surface area contributed by atoms with Crippen molar-refractivity contribution in [3.8, 4) is 22.7 Å². The zero-order chi connectivity index (χ0) is 16.2. The quantitative estimate of drug-likeness (QED) is 0.586. The third-order valence-corrected chi connectivity index (χ3v) is 3.64. The number of anilines is 1. The SMILES string of the molecule is c1ccc(-c2cc(CNc3ccc(-c4cnco4)cc3)[nH]n2)nc1. The van der Waals surface area contributed by atoms with Gasteiger partial charge in [-0.1, -0.05) is 6.07 Å². The molecule has 0 saturated heterocycles. The molecule has 0 aliphatic carbocycles. The smallest absolute Gasteiger partial charge is 0.181 e. The molecule has 6 heteroatoms. The summed E-state index contributed by atoms with van der Waals surface area (Å²) in [6, 6.07) is 15.8. The molecule has 0 atom stereocenters. The second-order valence-corrected chi connectivity index (χ2v) is 5.29. The van der Waals surface area contributed by atoms with E-state index in [4.69, 9.17) is 4.42 Å². The molecule has 0 saturated carbocycles. The van der Waals surface area contributed by atoms with Crippen molar-refractivity contribution in [3.05, 3.63) is 73.0 Å². The summed E-state index contributed by atoms with van der Waals surface area (Å²) >= 11 is 0. The summed E-state index contributed by atoms with van der Waals surface area (Å²) in [5, 5.41) is 10.7. The van der Waals surface area contributed by atoms with Gasteiger partial charge in [0.05, 0.1) is 24.1 Å². The first-order chi connectivity index (χ1) is 11.9. The molecular formula is C18H15N5O. The van der Waals surface area contributed by atoms with E-state index in [1.165, 1.54) is 6.39 Å². The molecule has 1 aromatic carbocycles. The Hall–Kier alpha value is -3.41. The molecule has 0 bridgehead atoms. The number of rotatable bonds is 5. The third kappa shape index (κ3) is 3.03. The van der Waals surface area contributed by atoms with E-state index < -0.39 is 0 Å². The summed E-state index contributed by atoms with van der Waals surface area (Å²) in [7, 11) is 0. The van der Waals surface area contributed by atoms with Crippen molar-refractivity contribution in [3.63, 3.8) is 0 Å². The summed E-state index contributed by atoms with van der Waals surface area (Å²) < 4.78 is 5.28. The van der Waals surface area contributed by atoms with Gasteiger partial charge in [0, 0.05) is 17.4 Å². The lowest BCUT2D eigenvalue weighted by molar-refractivity contribution is 0.572. The Morgan fingerprint density at radius 1 is 1.04 bits per heavy atom. The van der Waals surface area contributed by atoms with Crippen LogP contribution in [0, 0.1) is 0 Å². The maximum atomic E-state index is 5.28. The van der Waals surface area contributed by atoms with E-state index in [1.807, 2.05) is 48.5 Å². The first-order valence-electron chi connectivity index (χ1n) is 7.57. The first-order valence-corrected chi connectivity index (χ1v) is 7.57. The predicted octanol–water partition coefficient (Wildman–Crippen LogP) is 3.74. The molecule has 6 nitrogen and oxygen atoms in total. The molecule has 0 aliphatic heterocycles. The van der Waals surface area contributed by atoms with Crippen molar-refractivity contribution in [1.82, 2.24) is 20.2 Å². The molecule has 118 valence electrons. The van der Waals surface area contributed by atoms with Gasteiger partial charge in [0.15, 0.2) is 12.2 Å². The predicted molar refractivity (Wildman–Crippen MR) is 91.1 cm³/mol. The van der Waals surface area contributed by atoms with Crippen molar-refractivity contribution in [2.24, 2.45) is 0 Å². The average Bonchev–Trinajstić information content (AvgIpc) is 3.33. The second kappa shape index (κ2) is 6.37. The topological polar surface area (TPSA) is 79.6 Å². The second-order valence-electron chi connectivity index (χ2n) is 5.29. The number of aromatic amines is 1. The molecule has 0 radical (unpaired) electrons. The molecule has 4 rings (SSSR count). The molecule has 0 spiro atoms. The number of H-pyrrole nitrogens is 1. The Balaban J connectivity index is 1.41. The van der Waals surface area contributed by atoms with Crippen LogP contribution in [0.2, 0.25) is 0 Å². The highest BCUT2D eigenvalue weighted by Crippen LogP contribution is 2.21. The number of benzene rings is 1. The van der Waals surface area contributed by atoms with Crippen LogP contribution in [0.5, 0.6) is 0 Å². The minimum absolute atomic E-state index is 0.654. The van der Waals surface area contributed by atoms with Gasteiger partial charge in [-0.05, 0) is 42.5 Å². The molecule has 0 unspecified atom stereocenters. The lowest BCUT2D eigenvalue weighted by atomic mass is 10.1. The van der Waals surface area contributed by atoms with Crippen LogP contribution in [-0.4, -0.2) is 20.2 Å². The number of pyridine rings is 1. The van der Waals surface area contributed by atoms with E-state index in [0.29, 0.717) is 6.54 Å². The molecule has 3 heterocycles. The van der Waals surface area contributed by atoms with Gasteiger partial charge >= 0.3 is 0 Å². The Bertz CT molecular complexity index is 898. The fourth-order valence-electron chi connectivity index (χ4n) is 2.41. The largest absolute Gasteiger partial charge is 0.444 e. The van der Waals surface area contributed by atoms with Crippen LogP contribution >= 0.6 is 0 Å². The van der Waals surface area contributed by atoms with E-state index >= 15 is 0 Å². The van der Waals surface area contributed by atoms with Crippen LogP contribution in [0.15, 0.2) is 71.7 Å². The van der Waals surface area contributed by atoms with Gasteiger partial charge < -0.3 is 9.73 Å². The molecule has 3 aromatic heterocycles. The van der Waals surface area contributed by atoms with Crippen molar-refractivity contribution >= 4 is 5.69 Å². The fraction of sp³-hybridized carbons (Fsp3) is 0.0556. The van der Waals surface area contributed by atoms with Gasteiger partial charge in [0.25, 0.3) is 0 Å². The van der Waals surface area contributed by atoms with Crippen LogP contribution in [0.3, 0.4) is 0 Å². The Morgan fingerprint density at radius 2 is 1.96 bits per heavy atom. The number of nitrogens with zero attached hydrogens (tertiary/aromatic N) is 3. The first kappa shape index (κ1) is 14.2. The summed E-state index contributed by atoms with van der Waals surface area (Å²) in [5.41, 5.74) is 4.71. The van der Waals surface area contributed by atoms with Crippen LogP contribution in [0.4, 0.5) is 5.69 Å². The molecule has 4 aromatic rings. The van der Waals surface area contributed by atoms with Crippen LogP contribution < -0.4 is 5.32 Å². The Morgan fingerprint density at radius 3 is 2.71 bits per heavy atom. The summed E-state index contributed by atoms with van der Waals surface area (Å²) in [6.45, 7) is 0.654. The number of aromatic nitrogens is 4. The van der Waals surface area contributed by atoms with E-state index in [0.717, 1.165) is 34.1 Å². The number of nitrogens with one attached hydrogen (secondary N) is 2. The third-order valence-electron chi connectivity index (χ3n) is 3.64. The highest BCUT2D eigenvalue weighted by molar-refractivity contribution is 5.60. The van der Waals surface area contributed by atoms with E-state index in [2.05, 4.69) is 25.5 Å². The summed E-state index contributed by atoms with van der Waals surface area (Å²) in [6.07, 6.45) is 4.89. The van der Waals surface area contributed by atoms with Gasteiger partial charge in [-0.15, -0.1) is 0 Å². The van der Waals surface area contributed by atoms with E-state index in [9.17, 15) is 0 Å². The van der Waals surface area contributed by atoms with Crippen LogP contribution in [-0.2, 0) is 6.54 Å². The summed E-state index contributed by atoms with van der Waals surface area (Å²) in [4.78, 5) is 8.22. The highest BCUT2D eigenvalue weighted by Gasteiger charge is 2.05. The molecular weight excluding hydrogens is 302 g/mol. The van der Waals surface area contributed by atoms with Crippen molar-refractivity contribution < 1.29 is 4.42 Å². The van der Waals surface area contributed by atoms with E-state index in [-0.39, 0.29) is 0 Å². The average molecular weight is 317 g/mol. The standard InChI is InChI=1S/C18H15N5O/c1-2-8-20-16(3-1)17-9-15(22-23-17)10-21-14-6-4-13(5-7-14)18-11-19-12-24-18/h1-9,11-12,21H,10H2,(H,22,23). The van der Waals surface area contributed by atoms with Crippen LogP contribution in [0.25, 0.3) is 22.7 Å². The maximum Gasteiger partial charge on any atom is 0.181 e. The molecule has 0 fully saturated rings. The minimum atomic E-state index is 0.654. The monoisotopic (exact) mass is 317 g/mol. The molecule has 0 aliphatic rings. The number of hydrogen-bond acceptors (Lipinski definition) is 5. The molecule has 0 amide bonds. The van der Waals surface area contributed by atoms with Crippen molar-refractivity contribution in [2.45, 2.75) is 6.54 Å². The van der Waals surface area contributed by atoms with Gasteiger partial charge in [-0.2, -0.15) is 5.10 Å². The maximum absolute atomic E-state index is 5.28. The number of oxazole rings is 1. The van der Waals surface area contributed by atoms with Crippen molar-refractivity contribution in [2.75, 3.05) is 5.32 Å². The fourth-order valence-corrected chi connectivity index (χ4v) is 2.41. The van der Waals surface area contributed by atoms with Crippen LogP contribution in [0.1, 0.15) is 5.69 Å². The zero-order valence-electron chi connectivity index (χ0n) is 12.8. The zero-order valence-corrected chi connectivity index (χ0v) is 12.8. The van der Waals surface area contributed by atoms with E-state index in [1.54, 1.807) is 12.4 Å². The normalized spacial score (nSPS) is 10.7.